The predicted octanol–water partition coefficient (Wildman–Crippen LogP) is 4.75. The molecule has 3 rings (SSSR count). The number of carbonyl (C=O) groups is 1. The van der Waals surface area contributed by atoms with Gasteiger partial charge in [0.15, 0.2) is 0 Å². The summed E-state index contributed by atoms with van der Waals surface area (Å²) in [5, 5.41) is 12.2. The Balaban J connectivity index is 1.74. The number of nitrogens with zero attached hydrogens (tertiary/aromatic N) is 2. The highest BCUT2D eigenvalue weighted by Gasteiger charge is 2.21. The first-order valence-corrected chi connectivity index (χ1v) is 10.3. The number of carbonyl (C=O) groups excluding carboxylic acids is 1. The van der Waals surface area contributed by atoms with Gasteiger partial charge in [0.25, 0.3) is 0 Å². The van der Waals surface area contributed by atoms with Crippen LogP contribution in [0.25, 0.3) is 0 Å². The Morgan fingerprint density at radius 2 is 1.82 bits per heavy atom. The second kappa shape index (κ2) is 9.94. The molecule has 0 saturated carbocycles. The number of nitrogens with one attached hydrogen (secondary N) is 1. The number of anilines is 1. The molecule has 0 radical (unpaired) electrons. The second-order valence-electron chi connectivity index (χ2n) is 7.50. The first-order chi connectivity index (χ1) is 13.7. The van der Waals surface area contributed by atoms with Crippen LogP contribution in [-0.2, 0) is 11.2 Å². The van der Waals surface area contributed by atoms with E-state index in [9.17, 15) is 4.79 Å². The van der Waals surface area contributed by atoms with Crippen LogP contribution in [0.2, 0.25) is 0 Å². The van der Waals surface area contributed by atoms with Crippen molar-refractivity contribution in [3.05, 3.63) is 65.2 Å². The molecule has 1 N–H and O–H groups in total. The summed E-state index contributed by atoms with van der Waals surface area (Å²) in [7, 11) is 0. The van der Waals surface area contributed by atoms with Gasteiger partial charge in [0.05, 0.1) is 24.1 Å². The van der Waals surface area contributed by atoms with Crippen LogP contribution >= 0.6 is 0 Å². The molecule has 2 aromatic rings. The normalized spacial score (nSPS) is 14.9. The highest BCUT2D eigenvalue weighted by molar-refractivity contribution is 5.79. The number of para-hydroxylation sites is 1. The Labute approximate surface area is 168 Å². The number of hydrogen-bond acceptors (Lipinski definition) is 3. The number of piperidine rings is 1. The molecule has 0 spiro atoms. The van der Waals surface area contributed by atoms with Crippen molar-refractivity contribution in [3.8, 4) is 6.07 Å². The SMILES string of the molecule is CCCC(NC(=O)Cc1ccc(C#N)cc1)c1ccccc1N1CCCCC1. The smallest absolute Gasteiger partial charge is 0.224 e. The summed E-state index contributed by atoms with van der Waals surface area (Å²) in [5.74, 6) is 0.0246. The molecule has 1 unspecified atom stereocenters. The lowest BCUT2D eigenvalue weighted by atomic mass is 9.98. The van der Waals surface area contributed by atoms with E-state index in [2.05, 4.69) is 47.5 Å². The van der Waals surface area contributed by atoms with E-state index in [1.54, 1.807) is 12.1 Å². The maximum atomic E-state index is 12.7. The van der Waals surface area contributed by atoms with E-state index in [1.807, 2.05) is 12.1 Å². The lowest BCUT2D eigenvalue weighted by Gasteiger charge is -2.32. The molecule has 0 aromatic heterocycles. The molecule has 4 heteroatoms. The third-order valence-corrected chi connectivity index (χ3v) is 5.37. The minimum absolute atomic E-state index is 0.0222. The van der Waals surface area contributed by atoms with Crippen molar-refractivity contribution in [3.63, 3.8) is 0 Å². The summed E-state index contributed by atoms with van der Waals surface area (Å²) in [6.45, 7) is 4.34. The Morgan fingerprint density at radius 3 is 2.50 bits per heavy atom. The van der Waals surface area contributed by atoms with Gasteiger partial charge in [-0.15, -0.1) is 0 Å². The van der Waals surface area contributed by atoms with Crippen LogP contribution in [0.15, 0.2) is 48.5 Å². The van der Waals surface area contributed by atoms with Crippen molar-refractivity contribution in [1.82, 2.24) is 5.32 Å². The molecule has 4 nitrogen and oxygen atoms in total. The molecule has 28 heavy (non-hydrogen) atoms. The van der Waals surface area contributed by atoms with Gasteiger partial charge in [-0.2, -0.15) is 5.26 Å². The molecule has 0 aliphatic carbocycles. The third-order valence-electron chi connectivity index (χ3n) is 5.37. The summed E-state index contributed by atoms with van der Waals surface area (Å²) in [6, 6.07) is 17.9. The van der Waals surface area contributed by atoms with E-state index in [1.165, 1.54) is 30.5 Å². The predicted molar refractivity (Wildman–Crippen MR) is 113 cm³/mol. The summed E-state index contributed by atoms with van der Waals surface area (Å²) < 4.78 is 0. The van der Waals surface area contributed by atoms with E-state index in [-0.39, 0.29) is 11.9 Å². The van der Waals surface area contributed by atoms with Crippen LogP contribution in [0.5, 0.6) is 0 Å². The average molecular weight is 376 g/mol. The van der Waals surface area contributed by atoms with Crippen molar-refractivity contribution in [1.29, 1.82) is 5.26 Å². The highest BCUT2D eigenvalue weighted by Crippen LogP contribution is 2.31. The number of amides is 1. The van der Waals surface area contributed by atoms with Gasteiger partial charge in [-0.3, -0.25) is 4.79 Å². The molecule has 1 aliphatic heterocycles. The third kappa shape index (κ3) is 5.13. The Hall–Kier alpha value is -2.80. The highest BCUT2D eigenvalue weighted by atomic mass is 16.1. The van der Waals surface area contributed by atoms with E-state index in [0.29, 0.717) is 12.0 Å². The van der Waals surface area contributed by atoms with Crippen molar-refractivity contribution in [2.24, 2.45) is 0 Å². The van der Waals surface area contributed by atoms with E-state index < -0.39 is 0 Å². The maximum absolute atomic E-state index is 12.7. The fourth-order valence-electron chi connectivity index (χ4n) is 3.93. The quantitative estimate of drug-likeness (QED) is 0.760. The van der Waals surface area contributed by atoms with E-state index >= 15 is 0 Å². The fraction of sp³-hybridized carbons (Fsp3) is 0.417. The summed E-state index contributed by atoms with van der Waals surface area (Å²) >= 11 is 0. The largest absolute Gasteiger partial charge is 0.371 e. The van der Waals surface area contributed by atoms with Crippen molar-refractivity contribution >= 4 is 11.6 Å². The van der Waals surface area contributed by atoms with Crippen LogP contribution in [0.4, 0.5) is 5.69 Å². The molecule has 1 heterocycles. The van der Waals surface area contributed by atoms with Gasteiger partial charge in [0.1, 0.15) is 0 Å². The lowest BCUT2D eigenvalue weighted by molar-refractivity contribution is -0.121. The molecule has 146 valence electrons. The standard InChI is InChI=1S/C24H29N3O/c1-2-8-22(26-24(28)17-19-11-13-20(18-25)14-12-19)21-9-4-5-10-23(21)27-15-6-3-7-16-27/h4-5,9-14,22H,2-3,6-8,15-17H2,1H3,(H,26,28). The number of rotatable bonds is 7. The maximum Gasteiger partial charge on any atom is 0.224 e. The Bertz CT molecular complexity index is 816. The van der Waals surface area contributed by atoms with Gasteiger partial charge in [-0.05, 0) is 55.0 Å². The molecular formula is C24H29N3O. The van der Waals surface area contributed by atoms with E-state index in [0.717, 1.165) is 31.5 Å². The van der Waals surface area contributed by atoms with Crippen LogP contribution in [-0.4, -0.2) is 19.0 Å². The first-order valence-electron chi connectivity index (χ1n) is 10.3. The molecule has 2 aromatic carbocycles. The average Bonchev–Trinajstić information content (AvgIpc) is 2.74. The number of hydrogen-bond donors (Lipinski definition) is 1. The molecule has 0 bridgehead atoms. The molecule has 1 aliphatic rings. The summed E-state index contributed by atoms with van der Waals surface area (Å²) in [5.41, 5.74) is 4.03. The number of nitriles is 1. The van der Waals surface area contributed by atoms with Crippen LogP contribution in [0.3, 0.4) is 0 Å². The second-order valence-corrected chi connectivity index (χ2v) is 7.50. The van der Waals surface area contributed by atoms with Gasteiger partial charge in [-0.1, -0.05) is 43.7 Å². The van der Waals surface area contributed by atoms with E-state index in [4.69, 9.17) is 5.26 Å². The van der Waals surface area contributed by atoms with Gasteiger partial charge in [0, 0.05) is 18.8 Å². The molecule has 1 fully saturated rings. The van der Waals surface area contributed by atoms with Gasteiger partial charge in [0.2, 0.25) is 5.91 Å². The zero-order chi connectivity index (χ0) is 19.8. The van der Waals surface area contributed by atoms with Crippen LogP contribution in [0.1, 0.15) is 61.8 Å². The number of benzene rings is 2. The van der Waals surface area contributed by atoms with Gasteiger partial charge >= 0.3 is 0 Å². The topological polar surface area (TPSA) is 56.1 Å². The Morgan fingerprint density at radius 1 is 1.11 bits per heavy atom. The zero-order valence-electron chi connectivity index (χ0n) is 16.7. The van der Waals surface area contributed by atoms with Crippen molar-refractivity contribution in [2.45, 2.75) is 51.5 Å². The summed E-state index contributed by atoms with van der Waals surface area (Å²) in [4.78, 5) is 15.2. The van der Waals surface area contributed by atoms with Crippen molar-refractivity contribution < 1.29 is 4.79 Å². The van der Waals surface area contributed by atoms with Gasteiger partial charge < -0.3 is 10.2 Å². The molecule has 1 amide bonds. The fourth-order valence-corrected chi connectivity index (χ4v) is 3.93. The minimum Gasteiger partial charge on any atom is -0.371 e. The van der Waals surface area contributed by atoms with Crippen LogP contribution in [0, 0.1) is 11.3 Å². The zero-order valence-corrected chi connectivity index (χ0v) is 16.7. The van der Waals surface area contributed by atoms with Gasteiger partial charge in [-0.25, -0.2) is 0 Å². The minimum atomic E-state index is 0.0222. The Kier molecular flexibility index (Phi) is 7.08. The monoisotopic (exact) mass is 375 g/mol. The molecular weight excluding hydrogens is 346 g/mol. The molecule has 1 saturated heterocycles. The summed E-state index contributed by atoms with van der Waals surface area (Å²) in [6.07, 6.45) is 6.03. The van der Waals surface area contributed by atoms with Crippen LogP contribution < -0.4 is 10.2 Å². The lowest BCUT2D eigenvalue weighted by Crippen LogP contribution is -2.34. The molecule has 1 atom stereocenters. The first kappa shape index (κ1) is 19.9. The van der Waals surface area contributed by atoms with Crippen molar-refractivity contribution in [2.75, 3.05) is 18.0 Å².